The zero-order valence-electron chi connectivity index (χ0n) is 21.1. The number of fused-ring (bicyclic) bond motifs is 1. The average molecular weight is 581 g/mol. The molecule has 0 amide bonds. The van der Waals surface area contributed by atoms with Gasteiger partial charge in [-0.1, -0.05) is 18.2 Å². The van der Waals surface area contributed by atoms with Gasteiger partial charge >= 0.3 is 5.97 Å². The summed E-state index contributed by atoms with van der Waals surface area (Å²) < 4.78 is 34.5. The van der Waals surface area contributed by atoms with Gasteiger partial charge in [-0.25, -0.2) is 13.2 Å². The summed E-state index contributed by atoms with van der Waals surface area (Å²) in [7, 11) is -3.84. The monoisotopic (exact) mass is 580 g/mol. The number of pyridine rings is 1. The van der Waals surface area contributed by atoms with E-state index in [1.54, 1.807) is 37.3 Å². The number of nitrogens with zero attached hydrogens (tertiary/aromatic N) is 3. The quantitative estimate of drug-likeness (QED) is 0.164. The molecular formula is C25H29ClN4O8S. The van der Waals surface area contributed by atoms with Gasteiger partial charge in [-0.15, -0.1) is 22.5 Å². The van der Waals surface area contributed by atoms with E-state index in [9.17, 15) is 28.1 Å². The maximum atomic E-state index is 13.3. The van der Waals surface area contributed by atoms with Gasteiger partial charge < -0.3 is 15.3 Å². The summed E-state index contributed by atoms with van der Waals surface area (Å²) in [6, 6.07) is 10.9. The number of aromatic nitrogens is 1. The van der Waals surface area contributed by atoms with Crippen LogP contribution in [0.2, 0.25) is 0 Å². The molecule has 39 heavy (non-hydrogen) atoms. The first-order valence-electron chi connectivity index (χ1n) is 12.0. The van der Waals surface area contributed by atoms with E-state index in [-0.39, 0.29) is 54.2 Å². The van der Waals surface area contributed by atoms with Crippen molar-refractivity contribution in [3.63, 3.8) is 0 Å². The van der Waals surface area contributed by atoms with Crippen LogP contribution in [0.3, 0.4) is 0 Å². The SMILES string of the molecule is Cc1cn(COC(=O)c2ccc(CCCO[N+](=O)[O-])cc2)c(=O)c2cccc(S(=O)(=O)N3CC[C@H](N)C3)c12.Cl. The van der Waals surface area contributed by atoms with Gasteiger partial charge in [-0.3, -0.25) is 9.36 Å². The molecule has 12 nitrogen and oxygen atoms in total. The highest BCUT2D eigenvalue weighted by molar-refractivity contribution is 7.89. The Morgan fingerprint density at radius 1 is 1.21 bits per heavy atom. The molecular weight excluding hydrogens is 552 g/mol. The van der Waals surface area contributed by atoms with Crippen molar-refractivity contribution in [2.45, 2.75) is 43.9 Å². The number of esters is 1. The van der Waals surface area contributed by atoms with Gasteiger partial charge in [-0.2, -0.15) is 4.31 Å². The number of hydrogen-bond acceptors (Lipinski definition) is 9. The van der Waals surface area contributed by atoms with E-state index in [0.29, 0.717) is 36.8 Å². The Hall–Kier alpha value is -3.52. The zero-order valence-corrected chi connectivity index (χ0v) is 22.8. The lowest BCUT2D eigenvalue weighted by Gasteiger charge is -2.19. The molecule has 0 spiro atoms. The van der Waals surface area contributed by atoms with Crippen molar-refractivity contribution in [1.29, 1.82) is 0 Å². The number of carbonyl (C=O) groups excluding carboxylic acids is 1. The van der Waals surface area contributed by atoms with E-state index in [1.165, 1.54) is 27.2 Å². The predicted molar refractivity (Wildman–Crippen MR) is 145 cm³/mol. The Morgan fingerprint density at radius 2 is 1.92 bits per heavy atom. The van der Waals surface area contributed by atoms with E-state index >= 15 is 0 Å². The van der Waals surface area contributed by atoms with E-state index in [0.717, 1.165) is 5.56 Å². The van der Waals surface area contributed by atoms with Crippen LogP contribution in [-0.4, -0.2) is 54.1 Å². The third-order valence-corrected chi connectivity index (χ3v) is 8.30. The molecule has 1 aliphatic rings. The predicted octanol–water partition coefficient (Wildman–Crippen LogP) is 2.41. The number of carbonyl (C=O) groups is 1. The lowest BCUT2D eigenvalue weighted by Crippen LogP contribution is -2.32. The highest BCUT2D eigenvalue weighted by atomic mass is 35.5. The Kier molecular flexibility index (Phi) is 9.67. The normalized spacial score (nSPS) is 15.6. The lowest BCUT2D eigenvalue weighted by molar-refractivity contribution is -0.757. The van der Waals surface area contributed by atoms with Crippen LogP contribution in [0.25, 0.3) is 10.8 Å². The van der Waals surface area contributed by atoms with Crippen molar-refractivity contribution in [2.24, 2.45) is 5.73 Å². The van der Waals surface area contributed by atoms with Crippen LogP contribution in [0.5, 0.6) is 0 Å². The summed E-state index contributed by atoms with van der Waals surface area (Å²) in [5, 5.41) is 9.89. The summed E-state index contributed by atoms with van der Waals surface area (Å²) in [6.45, 7) is 1.87. The fourth-order valence-electron chi connectivity index (χ4n) is 4.48. The average Bonchev–Trinajstić information content (AvgIpc) is 3.34. The number of benzene rings is 2. The molecule has 2 heterocycles. The molecule has 3 aromatic rings. The Labute approximate surface area is 230 Å². The molecule has 14 heteroatoms. The van der Waals surface area contributed by atoms with Gasteiger partial charge in [0.15, 0.2) is 6.73 Å². The van der Waals surface area contributed by atoms with Crippen molar-refractivity contribution in [3.8, 4) is 0 Å². The third-order valence-electron chi connectivity index (χ3n) is 6.40. The Morgan fingerprint density at radius 3 is 2.56 bits per heavy atom. The molecule has 2 aromatic carbocycles. The van der Waals surface area contributed by atoms with Crippen molar-refractivity contribution in [3.05, 3.63) is 85.8 Å². The fourth-order valence-corrected chi connectivity index (χ4v) is 6.28. The first kappa shape index (κ1) is 30.0. The fraction of sp³-hybridized carbons (Fsp3) is 0.360. The summed E-state index contributed by atoms with van der Waals surface area (Å²) in [5.74, 6) is -0.639. The van der Waals surface area contributed by atoms with E-state index in [4.69, 9.17) is 10.5 Å². The van der Waals surface area contributed by atoms with Crippen LogP contribution < -0.4 is 11.3 Å². The first-order chi connectivity index (χ1) is 18.1. The lowest BCUT2D eigenvalue weighted by atomic mass is 10.1. The number of halogens is 1. The molecule has 1 aromatic heterocycles. The summed E-state index contributed by atoms with van der Waals surface area (Å²) in [5.41, 5.74) is 7.11. The van der Waals surface area contributed by atoms with Crippen LogP contribution in [0.4, 0.5) is 0 Å². The van der Waals surface area contributed by atoms with Gasteiger partial charge in [0, 0.05) is 36.1 Å². The van der Waals surface area contributed by atoms with Gasteiger partial charge in [-0.05, 0) is 61.6 Å². The van der Waals surface area contributed by atoms with Gasteiger partial charge in [0.2, 0.25) is 10.0 Å². The molecule has 0 unspecified atom stereocenters. The Bertz CT molecular complexity index is 1530. The topological polar surface area (TPSA) is 164 Å². The van der Waals surface area contributed by atoms with E-state index in [1.807, 2.05) is 0 Å². The molecule has 0 radical (unpaired) electrons. The maximum absolute atomic E-state index is 13.3. The molecule has 0 bridgehead atoms. The second-order valence-electron chi connectivity index (χ2n) is 9.10. The molecule has 1 aliphatic heterocycles. The van der Waals surface area contributed by atoms with Crippen LogP contribution >= 0.6 is 12.4 Å². The number of hydrogen-bond donors (Lipinski definition) is 1. The molecule has 0 aliphatic carbocycles. The second kappa shape index (κ2) is 12.6. The first-order valence-corrected chi connectivity index (χ1v) is 13.4. The number of nitrogens with two attached hydrogens (primary N) is 1. The molecule has 2 N–H and O–H groups in total. The highest BCUT2D eigenvalue weighted by Crippen LogP contribution is 2.28. The summed E-state index contributed by atoms with van der Waals surface area (Å²) in [6.07, 6.45) is 3.03. The van der Waals surface area contributed by atoms with E-state index < -0.39 is 26.6 Å². The minimum absolute atomic E-state index is 0. The van der Waals surface area contributed by atoms with Crippen LogP contribution in [0, 0.1) is 17.0 Å². The molecule has 4 rings (SSSR count). The summed E-state index contributed by atoms with van der Waals surface area (Å²) >= 11 is 0. The minimum Gasteiger partial charge on any atom is -0.440 e. The largest absolute Gasteiger partial charge is 0.440 e. The molecule has 210 valence electrons. The molecule has 1 atom stereocenters. The molecule has 0 saturated carbocycles. The van der Waals surface area contributed by atoms with Crippen molar-refractivity contribution in [1.82, 2.24) is 8.87 Å². The smallest absolute Gasteiger partial charge is 0.339 e. The minimum atomic E-state index is -3.84. The standard InChI is InChI=1S/C25H28N4O8S.ClH/c1-17-14-27(16-36-25(31)19-9-7-18(8-10-19)4-3-13-37-29(32)33)24(30)21-5-2-6-22(23(17)21)38(34,35)28-12-11-20(26)15-28;/h2,5-10,14,20H,3-4,11-13,15-16,26H2,1H3;1H/t20-;/m0./s1. The van der Waals surface area contributed by atoms with Gasteiger partial charge in [0.25, 0.3) is 10.6 Å². The van der Waals surface area contributed by atoms with Crippen LogP contribution in [0.15, 0.2) is 58.4 Å². The molecule has 1 fully saturated rings. The van der Waals surface area contributed by atoms with E-state index in [2.05, 4.69) is 4.84 Å². The number of sulfonamides is 1. The maximum Gasteiger partial charge on any atom is 0.339 e. The molecule has 1 saturated heterocycles. The van der Waals surface area contributed by atoms with Gasteiger partial charge in [0.1, 0.15) is 0 Å². The zero-order chi connectivity index (χ0) is 27.4. The van der Waals surface area contributed by atoms with Crippen molar-refractivity contribution >= 4 is 39.2 Å². The Balaban J connectivity index is 0.00000420. The number of aryl methyl sites for hydroxylation is 2. The van der Waals surface area contributed by atoms with Crippen molar-refractivity contribution in [2.75, 3.05) is 19.7 Å². The third kappa shape index (κ3) is 6.74. The second-order valence-corrected chi connectivity index (χ2v) is 11.0. The van der Waals surface area contributed by atoms with Crippen LogP contribution in [0.1, 0.15) is 34.3 Å². The highest BCUT2D eigenvalue weighted by Gasteiger charge is 2.32. The number of ether oxygens (including phenoxy) is 1. The van der Waals surface area contributed by atoms with Crippen molar-refractivity contribution < 1.29 is 27.9 Å². The van der Waals surface area contributed by atoms with Crippen LogP contribution in [-0.2, 0) is 32.7 Å². The summed E-state index contributed by atoms with van der Waals surface area (Å²) in [4.78, 5) is 40.3. The number of rotatable bonds is 10. The van der Waals surface area contributed by atoms with Gasteiger partial charge in [0.05, 0.1) is 17.1 Å².